The molecule has 3 aromatic carbocycles. The number of nitrogens with one attached hydrogen (secondary N) is 1. The Morgan fingerprint density at radius 3 is 2.43 bits per heavy atom. The molecule has 1 aromatic heterocycles. The maximum absolute atomic E-state index is 13.1. The second-order valence-corrected chi connectivity index (χ2v) is 7.68. The van der Waals surface area contributed by atoms with Crippen molar-refractivity contribution in [2.24, 2.45) is 0 Å². The van der Waals surface area contributed by atoms with Gasteiger partial charge in [0.1, 0.15) is 11.6 Å². The van der Waals surface area contributed by atoms with Crippen LogP contribution in [-0.2, 0) is 16.0 Å². The minimum absolute atomic E-state index is 0.112. The quantitative estimate of drug-likeness (QED) is 0.363. The number of halogens is 1. The van der Waals surface area contributed by atoms with E-state index in [0.29, 0.717) is 22.7 Å². The highest BCUT2D eigenvalue weighted by atomic mass is 19.1. The summed E-state index contributed by atoms with van der Waals surface area (Å²) in [6.07, 6.45) is 0.112. The van der Waals surface area contributed by atoms with Gasteiger partial charge in [-0.2, -0.15) is 5.10 Å². The van der Waals surface area contributed by atoms with Crippen LogP contribution in [0.1, 0.15) is 23.0 Å². The van der Waals surface area contributed by atoms with Crippen molar-refractivity contribution in [1.82, 2.24) is 9.78 Å². The predicted molar refractivity (Wildman–Crippen MR) is 130 cm³/mol. The molecule has 1 heterocycles. The Hall–Kier alpha value is -4.46. The van der Waals surface area contributed by atoms with Gasteiger partial charge in [0.15, 0.2) is 5.69 Å². The summed E-state index contributed by atoms with van der Waals surface area (Å²) < 4.78 is 25.1. The van der Waals surface area contributed by atoms with Crippen LogP contribution in [-0.4, -0.2) is 35.4 Å². The number of rotatable bonds is 8. The van der Waals surface area contributed by atoms with Gasteiger partial charge in [-0.05, 0) is 67.1 Å². The molecule has 0 unspecified atom stereocenters. The zero-order chi connectivity index (χ0) is 24.8. The van der Waals surface area contributed by atoms with Gasteiger partial charge in [0.05, 0.1) is 31.5 Å². The number of anilines is 1. The maximum atomic E-state index is 13.1. The first kappa shape index (κ1) is 23.7. The summed E-state index contributed by atoms with van der Waals surface area (Å²) in [5.41, 5.74) is 3.56. The molecular weight excluding hydrogens is 449 g/mol. The number of carbonyl (C=O) groups excluding carboxylic acids is 2. The van der Waals surface area contributed by atoms with Gasteiger partial charge in [0.2, 0.25) is 5.91 Å². The Kier molecular flexibility index (Phi) is 7.21. The Labute approximate surface area is 202 Å². The molecule has 8 heteroatoms. The minimum Gasteiger partial charge on any atom is -0.497 e. The molecule has 178 valence electrons. The van der Waals surface area contributed by atoms with Crippen LogP contribution in [0.3, 0.4) is 0 Å². The first-order valence-corrected chi connectivity index (χ1v) is 11.0. The van der Waals surface area contributed by atoms with Gasteiger partial charge >= 0.3 is 5.97 Å². The lowest BCUT2D eigenvalue weighted by molar-refractivity contribution is -0.115. The monoisotopic (exact) mass is 473 g/mol. The molecule has 0 spiro atoms. The lowest BCUT2D eigenvalue weighted by atomic mass is 10.1. The van der Waals surface area contributed by atoms with Gasteiger partial charge in [-0.3, -0.25) is 4.79 Å². The largest absolute Gasteiger partial charge is 0.497 e. The second kappa shape index (κ2) is 10.6. The number of methoxy groups -OCH3 is 1. The number of amides is 1. The molecule has 1 N–H and O–H groups in total. The molecule has 1 amide bonds. The van der Waals surface area contributed by atoms with Crippen molar-refractivity contribution in [2.75, 3.05) is 19.0 Å². The summed E-state index contributed by atoms with van der Waals surface area (Å²) >= 11 is 0. The smallest absolute Gasteiger partial charge is 0.358 e. The van der Waals surface area contributed by atoms with Crippen molar-refractivity contribution < 1.29 is 23.5 Å². The Bertz CT molecular complexity index is 1330. The van der Waals surface area contributed by atoms with Gasteiger partial charge < -0.3 is 14.8 Å². The highest BCUT2D eigenvalue weighted by Crippen LogP contribution is 2.28. The number of hydrogen-bond acceptors (Lipinski definition) is 5. The van der Waals surface area contributed by atoms with Crippen molar-refractivity contribution in [3.63, 3.8) is 0 Å². The fraction of sp³-hybridized carbons (Fsp3) is 0.148. The van der Waals surface area contributed by atoms with E-state index in [1.807, 2.05) is 18.2 Å². The van der Waals surface area contributed by atoms with Crippen molar-refractivity contribution in [1.29, 1.82) is 0 Å². The average molecular weight is 474 g/mol. The van der Waals surface area contributed by atoms with E-state index in [1.54, 1.807) is 67.2 Å². The van der Waals surface area contributed by atoms with E-state index in [0.717, 1.165) is 11.3 Å². The number of ether oxygens (including phenoxy) is 2. The molecule has 0 saturated carbocycles. The number of hydrogen-bond donors (Lipinski definition) is 1. The van der Waals surface area contributed by atoms with E-state index in [2.05, 4.69) is 10.4 Å². The fourth-order valence-electron chi connectivity index (χ4n) is 3.56. The molecule has 0 bridgehead atoms. The maximum Gasteiger partial charge on any atom is 0.358 e. The molecule has 0 saturated heterocycles. The highest BCUT2D eigenvalue weighted by molar-refractivity contribution is 5.93. The zero-order valence-corrected chi connectivity index (χ0v) is 19.3. The summed E-state index contributed by atoms with van der Waals surface area (Å²) in [5, 5.41) is 7.34. The van der Waals surface area contributed by atoms with E-state index >= 15 is 0 Å². The van der Waals surface area contributed by atoms with Gasteiger partial charge in [-0.1, -0.05) is 24.3 Å². The summed E-state index contributed by atoms with van der Waals surface area (Å²) in [6, 6.07) is 22.0. The van der Waals surface area contributed by atoms with Crippen LogP contribution < -0.4 is 10.1 Å². The number of carbonyl (C=O) groups is 2. The van der Waals surface area contributed by atoms with Gasteiger partial charge in [-0.15, -0.1) is 0 Å². The van der Waals surface area contributed by atoms with Crippen molar-refractivity contribution >= 4 is 17.6 Å². The van der Waals surface area contributed by atoms with Crippen LogP contribution in [0.2, 0.25) is 0 Å². The van der Waals surface area contributed by atoms with Crippen LogP contribution in [0, 0.1) is 5.82 Å². The fourth-order valence-corrected chi connectivity index (χ4v) is 3.56. The molecule has 7 nitrogen and oxygen atoms in total. The van der Waals surface area contributed by atoms with Crippen LogP contribution in [0.5, 0.6) is 5.75 Å². The van der Waals surface area contributed by atoms with Crippen molar-refractivity contribution in [3.8, 4) is 22.7 Å². The SMILES string of the molecule is CCOC(=O)c1cc(-c2cccc(NC(=O)Cc3ccc(F)cc3)c2)n(-c2ccc(OC)cc2)n1. The van der Waals surface area contributed by atoms with Crippen molar-refractivity contribution in [3.05, 3.63) is 95.9 Å². The van der Waals surface area contributed by atoms with Crippen LogP contribution in [0.4, 0.5) is 10.1 Å². The zero-order valence-electron chi connectivity index (χ0n) is 19.3. The minimum atomic E-state index is -0.523. The molecule has 0 aliphatic rings. The predicted octanol–water partition coefficient (Wildman–Crippen LogP) is 5.04. The standard InChI is InChI=1S/C27H24FN3O4/c1-3-35-27(33)24-17-25(31(30-24)22-11-13-23(34-2)14-12-22)19-5-4-6-21(16-19)29-26(32)15-18-7-9-20(28)10-8-18/h4-14,16-17H,3,15H2,1-2H3,(H,29,32). The van der Waals surface area contributed by atoms with E-state index in [1.165, 1.54) is 12.1 Å². The summed E-state index contributed by atoms with van der Waals surface area (Å²) in [6.45, 7) is 1.97. The third-order valence-electron chi connectivity index (χ3n) is 5.23. The number of esters is 1. The molecular formula is C27H24FN3O4. The van der Waals surface area contributed by atoms with Crippen molar-refractivity contribution in [2.45, 2.75) is 13.3 Å². The molecule has 0 atom stereocenters. The molecule has 0 aliphatic carbocycles. The normalized spacial score (nSPS) is 10.6. The lowest BCUT2D eigenvalue weighted by Crippen LogP contribution is -2.14. The Morgan fingerprint density at radius 2 is 1.74 bits per heavy atom. The van der Waals surface area contributed by atoms with E-state index in [-0.39, 0.29) is 30.4 Å². The first-order valence-electron chi connectivity index (χ1n) is 11.0. The molecule has 0 aliphatic heterocycles. The molecule has 35 heavy (non-hydrogen) atoms. The number of aromatic nitrogens is 2. The number of nitrogens with zero attached hydrogens (tertiary/aromatic N) is 2. The van der Waals surface area contributed by atoms with E-state index in [9.17, 15) is 14.0 Å². The molecule has 4 rings (SSSR count). The third-order valence-corrected chi connectivity index (χ3v) is 5.23. The second-order valence-electron chi connectivity index (χ2n) is 7.68. The molecule has 0 radical (unpaired) electrons. The Balaban J connectivity index is 1.64. The number of benzene rings is 3. The van der Waals surface area contributed by atoms with Gasteiger partial charge in [-0.25, -0.2) is 13.9 Å². The lowest BCUT2D eigenvalue weighted by Gasteiger charge is -2.11. The third kappa shape index (κ3) is 5.73. The van der Waals surface area contributed by atoms with Gasteiger partial charge in [0, 0.05) is 11.3 Å². The summed E-state index contributed by atoms with van der Waals surface area (Å²) in [5.74, 6) is -0.411. The van der Waals surface area contributed by atoms with Crippen LogP contribution in [0.25, 0.3) is 16.9 Å². The highest BCUT2D eigenvalue weighted by Gasteiger charge is 2.18. The topological polar surface area (TPSA) is 82.5 Å². The van der Waals surface area contributed by atoms with E-state index < -0.39 is 5.97 Å². The molecule has 0 fully saturated rings. The van der Waals surface area contributed by atoms with Crippen LogP contribution >= 0.6 is 0 Å². The Morgan fingerprint density at radius 1 is 1.00 bits per heavy atom. The van der Waals surface area contributed by atoms with Gasteiger partial charge in [0.25, 0.3) is 0 Å². The average Bonchev–Trinajstić information content (AvgIpc) is 3.32. The van der Waals surface area contributed by atoms with E-state index in [4.69, 9.17) is 9.47 Å². The summed E-state index contributed by atoms with van der Waals surface area (Å²) in [7, 11) is 1.59. The first-order chi connectivity index (χ1) is 17.0. The summed E-state index contributed by atoms with van der Waals surface area (Å²) in [4.78, 5) is 24.9. The molecule has 4 aromatic rings. The van der Waals surface area contributed by atoms with Crippen LogP contribution in [0.15, 0.2) is 78.9 Å².